The SMILES string of the molecule is CCCCCN(C(C)C)C(C)CC(C)(C#N)NC(C)C. The van der Waals surface area contributed by atoms with Crippen LogP contribution in [0.4, 0.5) is 0 Å². The van der Waals surface area contributed by atoms with E-state index in [9.17, 15) is 5.26 Å². The molecule has 118 valence electrons. The molecule has 0 fully saturated rings. The fourth-order valence-electron chi connectivity index (χ4n) is 3.01. The van der Waals surface area contributed by atoms with Crippen LogP contribution < -0.4 is 5.32 Å². The van der Waals surface area contributed by atoms with Crippen LogP contribution in [-0.4, -0.2) is 35.1 Å². The molecule has 1 N–H and O–H groups in total. The summed E-state index contributed by atoms with van der Waals surface area (Å²) in [4.78, 5) is 2.53. The van der Waals surface area contributed by atoms with E-state index in [0.717, 1.165) is 13.0 Å². The zero-order valence-electron chi connectivity index (χ0n) is 14.7. The minimum absolute atomic E-state index is 0.333. The summed E-state index contributed by atoms with van der Waals surface area (Å²) in [5, 5.41) is 12.9. The molecule has 0 aliphatic heterocycles. The van der Waals surface area contributed by atoms with E-state index in [-0.39, 0.29) is 0 Å². The van der Waals surface area contributed by atoms with Crippen molar-refractivity contribution in [3.63, 3.8) is 0 Å². The number of rotatable bonds is 10. The van der Waals surface area contributed by atoms with Crippen LogP contribution in [0.3, 0.4) is 0 Å². The minimum atomic E-state index is -0.439. The molecule has 0 amide bonds. The zero-order valence-corrected chi connectivity index (χ0v) is 14.7. The van der Waals surface area contributed by atoms with Crippen molar-refractivity contribution >= 4 is 0 Å². The molecule has 0 aliphatic carbocycles. The molecule has 2 unspecified atom stereocenters. The molecule has 0 heterocycles. The van der Waals surface area contributed by atoms with Gasteiger partial charge in [-0.05, 0) is 60.9 Å². The lowest BCUT2D eigenvalue weighted by molar-refractivity contribution is 0.134. The van der Waals surface area contributed by atoms with E-state index in [1.54, 1.807) is 0 Å². The highest BCUT2D eigenvalue weighted by Gasteiger charge is 2.29. The number of nitriles is 1. The summed E-state index contributed by atoms with van der Waals surface area (Å²) in [5.74, 6) is 0. The second-order valence-corrected chi connectivity index (χ2v) is 6.83. The van der Waals surface area contributed by atoms with E-state index >= 15 is 0 Å². The van der Waals surface area contributed by atoms with Crippen molar-refractivity contribution < 1.29 is 0 Å². The Morgan fingerprint density at radius 3 is 2.15 bits per heavy atom. The van der Waals surface area contributed by atoms with Crippen LogP contribution in [0.1, 0.15) is 74.1 Å². The summed E-state index contributed by atoms with van der Waals surface area (Å²) >= 11 is 0. The van der Waals surface area contributed by atoms with Gasteiger partial charge in [-0.1, -0.05) is 19.8 Å². The average molecular weight is 281 g/mol. The molecule has 0 radical (unpaired) electrons. The number of nitrogens with zero attached hydrogens (tertiary/aromatic N) is 2. The normalized spacial score (nSPS) is 16.4. The molecule has 0 aromatic heterocycles. The third kappa shape index (κ3) is 7.26. The van der Waals surface area contributed by atoms with Gasteiger partial charge in [0.15, 0.2) is 0 Å². The first-order valence-corrected chi connectivity index (χ1v) is 8.20. The van der Waals surface area contributed by atoms with Crippen LogP contribution in [0.25, 0.3) is 0 Å². The fraction of sp³-hybridized carbons (Fsp3) is 0.941. The van der Waals surface area contributed by atoms with Gasteiger partial charge in [-0.2, -0.15) is 5.26 Å². The van der Waals surface area contributed by atoms with Gasteiger partial charge in [0.1, 0.15) is 5.54 Å². The largest absolute Gasteiger partial charge is 0.298 e. The van der Waals surface area contributed by atoms with Gasteiger partial charge >= 0.3 is 0 Å². The van der Waals surface area contributed by atoms with Crippen molar-refractivity contribution in [3.05, 3.63) is 0 Å². The molecule has 0 aromatic rings. The lowest BCUT2D eigenvalue weighted by Crippen LogP contribution is -2.51. The average Bonchev–Trinajstić information content (AvgIpc) is 2.32. The van der Waals surface area contributed by atoms with Crippen LogP contribution in [0, 0.1) is 11.3 Å². The van der Waals surface area contributed by atoms with Crippen molar-refractivity contribution in [2.75, 3.05) is 6.54 Å². The number of unbranched alkanes of at least 4 members (excludes halogenated alkanes) is 2. The molecule has 0 saturated carbocycles. The maximum absolute atomic E-state index is 9.49. The minimum Gasteiger partial charge on any atom is -0.298 e. The maximum Gasteiger partial charge on any atom is 0.105 e. The summed E-state index contributed by atoms with van der Waals surface area (Å²) in [7, 11) is 0. The molecule has 0 bridgehead atoms. The number of hydrogen-bond acceptors (Lipinski definition) is 3. The van der Waals surface area contributed by atoms with Gasteiger partial charge in [0, 0.05) is 18.1 Å². The molecule has 2 atom stereocenters. The summed E-state index contributed by atoms with van der Waals surface area (Å²) in [6, 6.07) is 3.75. The predicted octanol–water partition coefficient (Wildman–Crippen LogP) is 3.95. The van der Waals surface area contributed by atoms with Crippen molar-refractivity contribution in [2.45, 2.75) is 97.8 Å². The summed E-state index contributed by atoms with van der Waals surface area (Å²) in [6.07, 6.45) is 4.66. The van der Waals surface area contributed by atoms with Gasteiger partial charge in [-0.25, -0.2) is 0 Å². The van der Waals surface area contributed by atoms with Crippen molar-refractivity contribution in [3.8, 4) is 6.07 Å². The lowest BCUT2D eigenvalue weighted by Gasteiger charge is -2.37. The highest BCUT2D eigenvalue weighted by Crippen LogP contribution is 2.19. The van der Waals surface area contributed by atoms with Crippen LogP contribution in [-0.2, 0) is 0 Å². The first-order valence-electron chi connectivity index (χ1n) is 8.20. The molecule has 0 aliphatic rings. The Morgan fingerprint density at radius 2 is 1.75 bits per heavy atom. The van der Waals surface area contributed by atoms with Crippen molar-refractivity contribution in [2.24, 2.45) is 0 Å². The molecule has 0 saturated heterocycles. The quantitative estimate of drug-likeness (QED) is 0.616. The molecule has 0 spiro atoms. The second-order valence-electron chi connectivity index (χ2n) is 6.83. The van der Waals surface area contributed by atoms with E-state index in [4.69, 9.17) is 0 Å². The number of hydrogen-bond donors (Lipinski definition) is 1. The molecule has 20 heavy (non-hydrogen) atoms. The van der Waals surface area contributed by atoms with E-state index < -0.39 is 5.54 Å². The van der Waals surface area contributed by atoms with Crippen LogP contribution in [0.15, 0.2) is 0 Å². The first kappa shape index (κ1) is 19.4. The molecule has 3 nitrogen and oxygen atoms in total. The van der Waals surface area contributed by atoms with Gasteiger partial charge in [0.05, 0.1) is 6.07 Å². The van der Waals surface area contributed by atoms with Crippen molar-refractivity contribution in [1.82, 2.24) is 10.2 Å². The Hall–Kier alpha value is -0.590. The second kappa shape index (κ2) is 9.37. The predicted molar refractivity (Wildman–Crippen MR) is 87.7 cm³/mol. The standard InChI is InChI=1S/C17H35N3/c1-8-9-10-11-20(15(4)5)16(6)12-17(7,13-18)19-14(2)3/h14-16,19H,8-12H2,1-7H3. The van der Waals surface area contributed by atoms with Crippen molar-refractivity contribution in [1.29, 1.82) is 5.26 Å². The van der Waals surface area contributed by atoms with E-state index in [0.29, 0.717) is 18.1 Å². The smallest absolute Gasteiger partial charge is 0.105 e. The maximum atomic E-state index is 9.49. The lowest BCUT2D eigenvalue weighted by atomic mass is 9.93. The number of nitrogens with one attached hydrogen (secondary N) is 1. The van der Waals surface area contributed by atoms with Gasteiger partial charge in [-0.3, -0.25) is 10.2 Å². The highest BCUT2D eigenvalue weighted by molar-refractivity contribution is 5.06. The monoisotopic (exact) mass is 281 g/mol. The molecule has 0 aromatic carbocycles. The van der Waals surface area contributed by atoms with Gasteiger partial charge in [0.25, 0.3) is 0 Å². The van der Waals surface area contributed by atoms with Crippen LogP contribution in [0.2, 0.25) is 0 Å². The third-order valence-corrected chi connectivity index (χ3v) is 3.81. The Morgan fingerprint density at radius 1 is 1.15 bits per heavy atom. The van der Waals surface area contributed by atoms with E-state index in [2.05, 4.69) is 57.8 Å². The highest BCUT2D eigenvalue weighted by atomic mass is 15.2. The zero-order chi connectivity index (χ0) is 15.8. The van der Waals surface area contributed by atoms with E-state index in [1.165, 1.54) is 19.3 Å². The molecular weight excluding hydrogens is 246 g/mol. The molecule has 3 heteroatoms. The van der Waals surface area contributed by atoms with E-state index in [1.807, 2.05) is 6.92 Å². The van der Waals surface area contributed by atoms with Crippen LogP contribution in [0.5, 0.6) is 0 Å². The van der Waals surface area contributed by atoms with Gasteiger partial charge in [0.2, 0.25) is 0 Å². The van der Waals surface area contributed by atoms with Gasteiger partial charge < -0.3 is 0 Å². The topological polar surface area (TPSA) is 39.1 Å². The summed E-state index contributed by atoms with van der Waals surface area (Å²) in [5.41, 5.74) is -0.439. The Balaban J connectivity index is 4.64. The summed E-state index contributed by atoms with van der Waals surface area (Å²) < 4.78 is 0. The molecule has 0 rings (SSSR count). The first-order chi connectivity index (χ1) is 9.25. The Labute approximate surface area is 126 Å². The third-order valence-electron chi connectivity index (χ3n) is 3.81. The summed E-state index contributed by atoms with van der Waals surface area (Å²) in [6.45, 7) is 16.4. The van der Waals surface area contributed by atoms with Gasteiger partial charge in [-0.15, -0.1) is 0 Å². The Bertz CT molecular complexity index is 293. The fourth-order valence-corrected chi connectivity index (χ4v) is 3.01. The van der Waals surface area contributed by atoms with Crippen LogP contribution >= 0.6 is 0 Å². The Kier molecular flexibility index (Phi) is 9.09. The molecular formula is C17H35N3.